The molecule has 0 N–H and O–H groups in total. The lowest BCUT2D eigenvalue weighted by Gasteiger charge is -2.06. The first-order valence-corrected chi connectivity index (χ1v) is 9.00. The van der Waals surface area contributed by atoms with Crippen LogP contribution in [0.5, 0.6) is 0 Å². The van der Waals surface area contributed by atoms with Crippen LogP contribution in [0.1, 0.15) is 17.3 Å². The maximum atomic E-state index is 14.6. The SMILES string of the molecule is CCOC(=O)c1c(-c2ccc(Br)cc2F)cn2c1c(=O)oc1ccccc12. The van der Waals surface area contributed by atoms with Gasteiger partial charge in [-0.15, -0.1) is 0 Å². The Kier molecular flexibility index (Phi) is 4.31. The first kappa shape index (κ1) is 17.5. The van der Waals surface area contributed by atoms with Crippen LogP contribution < -0.4 is 5.63 Å². The number of carbonyl (C=O) groups excluding carboxylic acids is 1. The quantitative estimate of drug-likeness (QED) is 0.439. The lowest BCUT2D eigenvalue weighted by atomic mass is 10.0. The van der Waals surface area contributed by atoms with E-state index >= 15 is 0 Å². The van der Waals surface area contributed by atoms with Gasteiger partial charge in [0, 0.05) is 21.8 Å². The topological polar surface area (TPSA) is 60.9 Å². The van der Waals surface area contributed by atoms with Gasteiger partial charge in [0.1, 0.15) is 16.9 Å². The molecule has 4 aromatic rings. The van der Waals surface area contributed by atoms with Crippen LogP contribution in [0.3, 0.4) is 0 Å². The van der Waals surface area contributed by atoms with Crippen LogP contribution in [0.25, 0.3) is 27.7 Å². The highest BCUT2D eigenvalue weighted by Gasteiger charge is 2.26. The van der Waals surface area contributed by atoms with Gasteiger partial charge < -0.3 is 13.6 Å². The summed E-state index contributed by atoms with van der Waals surface area (Å²) in [6.07, 6.45) is 1.56. The number of nitrogens with zero attached hydrogens (tertiary/aromatic N) is 1. The van der Waals surface area contributed by atoms with Crippen molar-refractivity contribution in [2.75, 3.05) is 6.61 Å². The fourth-order valence-corrected chi connectivity index (χ4v) is 3.44. The summed E-state index contributed by atoms with van der Waals surface area (Å²) in [5.41, 5.74) is 0.711. The van der Waals surface area contributed by atoms with Gasteiger partial charge in [0.2, 0.25) is 0 Å². The van der Waals surface area contributed by atoms with E-state index in [1.807, 2.05) is 0 Å². The molecule has 0 aliphatic rings. The third kappa shape index (κ3) is 2.84. The third-order valence-corrected chi connectivity index (χ3v) is 4.72. The molecular weight excluding hydrogens is 417 g/mol. The van der Waals surface area contributed by atoms with E-state index in [2.05, 4.69) is 15.9 Å². The van der Waals surface area contributed by atoms with Crippen LogP contribution in [0, 0.1) is 5.82 Å². The van der Waals surface area contributed by atoms with Crippen LogP contribution in [0.4, 0.5) is 4.39 Å². The highest BCUT2D eigenvalue weighted by Crippen LogP contribution is 2.33. The second-order valence-electron chi connectivity index (χ2n) is 5.84. The first-order chi connectivity index (χ1) is 13.0. The van der Waals surface area contributed by atoms with Gasteiger partial charge in [-0.1, -0.05) is 34.1 Å². The Labute approximate surface area is 161 Å². The van der Waals surface area contributed by atoms with E-state index in [1.165, 1.54) is 6.07 Å². The molecule has 0 fully saturated rings. The van der Waals surface area contributed by atoms with E-state index in [0.29, 0.717) is 15.6 Å². The van der Waals surface area contributed by atoms with Crippen molar-refractivity contribution in [2.24, 2.45) is 0 Å². The molecule has 7 heteroatoms. The molecule has 0 bridgehead atoms. The second-order valence-corrected chi connectivity index (χ2v) is 6.75. The van der Waals surface area contributed by atoms with Crippen LogP contribution in [0.15, 0.2) is 62.3 Å². The average Bonchev–Trinajstić information content (AvgIpc) is 3.03. The number of para-hydroxylation sites is 2. The number of carbonyl (C=O) groups is 1. The molecule has 0 atom stereocenters. The van der Waals surface area contributed by atoms with E-state index in [0.717, 1.165) is 0 Å². The molecule has 2 aromatic heterocycles. The molecule has 136 valence electrons. The van der Waals surface area contributed by atoms with Crippen molar-refractivity contribution >= 4 is 38.5 Å². The number of aromatic nitrogens is 1. The molecular formula is C20H13BrFNO4. The first-order valence-electron chi connectivity index (χ1n) is 8.20. The molecule has 0 saturated heterocycles. The molecule has 27 heavy (non-hydrogen) atoms. The van der Waals surface area contributed by atoms with Gasteiger partial charge in [-0.25, -0.2) is 14.0 Å². The lowest BCUT2D eigenvalue weighted by molar-refractivity contribution is 0.0529. The number of hydrogen-bond acceptors (Lipinski definition) is 4. The summed E-state index contributed by atoms with van der Waals surface area (Å²) < 4.78 is 27.2. The predicted octanol–water partition coefficient (Wildman–Crippen LogP) is 4.79. The molecule has 0 spiro atoms. The molecule has 0 unspecified atom stereocenters. The minimum atomic E-state index is -0.708. The van der Waals surface area contributed by atoms with Crippen molar-refractivity contribution in [1.29, 1.82) is 0 Å². The number of ether oxygens (including phenoxy) is 1. The van der Waals surface area contributed by atoms with Gasteiger partial charge in [0.05, 0.1) is 12.1 Å². The molecule has 4 rings (SSSR count). The summed E-state index contributed by atoms with van der Waals surface area (Å²) in [6, 6.07) is 11.4. The number of halogens is 2. The fourth-order valence-electron chi connectivity index (χ4n) is 3.11. The highest BCUT2D eigenvalue weighted by atomic mass is 79.9. The molecule has 0 aliphatic carbocycles. The van der Waals surface area contributed by atoms with E-state index in [1.54, 1.807) is 53.9 Å². The van der Waals surface area contributed by atoms with Gasteiger partial charge in [-0.2, -0.15) is 0 Å². The van der Waals surface area contributed by atoms with Gasteiger partial charge in [0.15, 0.2) is 5.58 Å². The molecule has 0 amide bonds. The zero-order valence-electron chi connectivity index (χ0n) is 14.2. The number of hydrogen-bond donors (Lipinski definition) is 0. The number of rotatable bonds is 3. The van der Waals surface area contributed by atoms with Crippen molar-refractivity contribution in [1.82, 2.24) is 4.40 Å². The summed E-state index contributed by atoms with van der Waals surface area (Å²) in [5.74, 6) is -1.24. The van der Waals surface area contributed by atoms with Crippen LogP contribution in [0.2, 0.25) is 0 Å². The van der Waals surface area contributed by atoms with Crippen LogP contribution in [-0.2, 0) is 4.74 Å². The molecule has 2 aromatic carbocycles. The Morgan fingerprint density at radius 1 is 1.22 bits per heavy atom. The van der Waals surface area contributed by atoms with E-state index in [9.17, 15) is 14.0 Å². The van der Waals surface area contributed by atoms with Gasteiger partial charge in [-0.05, 0) is 31.2 Å². The minimum absolute atomic E-state index is 0.0161. The standard InChI is InChI=1S/C20H13BrFNO4/c1-2-26-19(24)17-13(12-8-7-11(21)9-14(12)22)10-23-15-5-3-4-6-16(15)27-20(25)18(17)23/h3-10H,2H2,1H3. The number of benzene rings is 2. The smallest absolute Gasteiger partial charge is 0.361 e. The number of esters is 1. The Morgan fingerprint density at radius 3 is 2.74 bits per heavy atom. The zero-order valence-corrected chi connectivity index (χ0v) is 15.7. The van der Waals surface area contributed by atoms with E-state index in [-0.39, 0.29) is 28.8 Å². The van der Waals surface area contributed by atoms with Crippen molar-refractivity contribution in [3.8, 4) is 11.1 Å². The maximum Gasteiger partial charge on any atom is 0.361 e. The van der Waals surface area contributed by atoms with Crippen molar-refractivity contribution < 1.29 is 18.3 Å². The minimum Gasteiger partial charge on any atom is -0.462 e. The Hall–Kier alpha value is -2.93. The highest BCUT2D eigenvalue weighted by molar-refractivity contribution is 9.10. The number of fused-ring (bicyclic) bond motifs is 3. The summed E-state index contributed by atoms with van der Waals surface area (Å²) in [5, 5.41) is 0. The second kappa shape index (κ2) is 6.66. The molecule has 0 aliphatic heterocycles. The molecule has 2 heterocycles. The van der Waals surface area contributed by atoms with Gasteiger partial charge in [0.25, 0.3) is 0 Å². The van der Waals surface area contributed by atoms with Crippen LogP contribution in [-0.4, -0.2) is 17.0 Å². The lowest BCUT2D eigenvalue weighted by Crippen LogP contribution is -2.11. The Morgan fingerprint density at radius 2 is 2.00 bits per heavy atom. The third-order valence-electron chi connectivity index (χ3n) is 4.23. The normalized spacial score (nSPS) is 11.2. The van der Waals surface area contributed by atoms with E-state index in [4.69, 9.17) is 9.15 Å². The van der Waals surface area contributed by atoms with Gasteiger partial charge >= 0.3 is 11.6 Å². The molecule has 5 nitrogen and oxygen atoms in total. The summed E-state index contributed by atoms with van der Waals surface area (Å²) in [7, 11) is 0. The predicted molar refractivity (Wildman–Crippen MR) is 102 cm³/mol. The Balaban J connectivity index is 2.16. The molecule has 0 radical (unpaired) electrons. The Bertz CT molecular complexity index is 1260. The zero-order chi connectivity index (χ0) is 19.1. The summed E-state index contributed by atoms with van der Waals surface area (Å²) in [6.45, 7) is 1.78. The summed E-state index contributed by atoms with van der Waals surface area (Å²) in [4.78, 5) is 25.2. The van der Waals surface area contributed by atoms with Crippen molar-refractivity contribution in [3.05, 3.63) is 74.9 Å². The monoisotopic (exact) mass is 429 g/mol. The van der Waals surface area contributed by atoms with Gasteiger partial charge in [-0.3, -0.25) is 0 Å². The maximum absolute atomic E-state index is 14.6. The van der Waals surface area contributed by atoms with Crippen LogP contribution >= 0.6 is 15.9 Å². The fraction of sp³-hybridized carbons (Fsp3) is 0.100. The average molecular weight is 430 g/mol. The summed E-state index contributed by atoms with van der Waals surface area (Å²) >= 11 is 3.22. The van der Waals surface area contributed by atoms with Crippen molar-refractivity contribution in [2.45, 2.75) is 6.92 Å². The van der Waals surface area contributed by atoms with Crippen molar-refractivity contribution in [3.63, 3.8) is 0 Å². The largest absolute Gasteiger partial charge is 0.462 e. The van der Waals surface area contributed by atoms with E-state index < -0.39 is 17.4 Å². The molecule has 0 saturated carbocycles.